The Labute approximate surface area is 126 Å². The Hall–Kier alpha value is -3.13. The highest BCUT2D eigenvalue weighted by atomic mass is 16.6. The van der Waals surface area contributed by atoms with Crippen LogP contribution in [0.4, 0.5) is 10.6 Å². The molecule has 0 aliphatic rings. The monoisotopic (exact) mass is 301 g/mol. The minimum atomic E-state index is -0.667. The summed E-state index contributed by atoms with van der Waals surface area (Å²) in [6.07, 6.45) is -0.667. The zero-order valence-electron chi connectivity index (χ0n) is 11.6. The molecule has 0 spiro atoms. The van der Waals surface area contributed by atoms with Gasteiger partial charge in [-0.2, -0.15) is 0 Å². The highest BCUT2D eigenvalue weighted by Gasteiger charge is 2.07. The number of carbonyl (C=O) groups excluding carboxylic acids is 2. The largest absolute Gasteiger partial charge is 0.443 e. The van der Waals surface area contributed by atoms with Gasteiger partial charge in [0.05, 0.1) is 0 Å². The van der Waals surface area contributed by atoms with Crippen LogP contribution in [0.15, 0.2) is 48.5 Å². The Balaban J connectivity index is 1.82. The summed E-state index contributed by atoms with van der Waals surface area (Å²) in [5.41, 5.74) is 7.82. The second-order valence-electron chi connectivity index (χ2n) is 4.19. The lowest BCUT2D eigenvalue weighted by atomic mass is 10.2. The predicted molar refractivity (Wildman–Crippen MR) is 79.3 cm³/mol. The number of nitrogens with zero attached hydrogens (tertiary/aromatic N) is 1. The van der Waals surface area contributed by atoms with Gasteiger partial charge >= 0.3 is 6.09 Å². The SMILES string of the molecule is NNC(=O)c1cccc(NNC(=O)OCc2ccccc2)n1. The van der Waals surface area contributed by atoms with Crippen LogP contribution in [0.3, 0.4) is 0 Å². The van der Waals surface area contributed by atoms with E-state index in [0.29, 0.717) is 0 Å². The van der Waals surface area contributed by atoms with Gasteiger partial charge in [-0.15, -0.1) is 0 Å². The zero-order valence-corrected chi connectivity index (χ0v) is 11.6. The van der Waals surface area contributed by atoms with Gasteiger partial charge in [0, 0.05) is 0 Å². The van der Waals surface area contributed by atoms with Gasteiger partial charge in [0.2, 0.25) is 0 Å². The van der Waals surface area contributed by atoms with Gasteiger partial charge in [0.25, 0.3) is 5.91 Å². The summed E-state index contributed by atoms with van der Waals surface area (Å²) in [6.45, 7) is 0.150. The first-order chi connectivity index (χ1) is 10.7. The van der Waals surface area contributed by atoms with Gasteiger partial charge in [-0.1, -0.05) is 36.4 Å². The van der Waals surface area contributed by atoms with E-state index in [-0.39, 0.29) is 18.1 Å². The summed E-state index contributed by atoms with van der Waals surface area (Å²) in [6, 6.07) is 13.9. The molecule has 0 saturated heterocycles. The Morgan fingerprint density at radius 1 is 1.09 bits per heavy atom. The van der Waals surface area contributed by atoms with Gasteiger partial charge in [0.15, 0.2) is 0 Å². The molecule has 2 aromatic rings. The first kappa shape index (κ1) is 15.3. The van der Waals surface area contributed by atoms with Crippen molar-refractivity contribution in [2.75, 3.05) is 5.43 Å². The van der Waals surface area contributed by atoms with Crippen molar-refractivity contribution in [3.63, 3.8) is 0 Å². The number of amides is 2. The van der Waals surface area contributed by atoms with Crippen molar-refractivity contribution >= 4 is 17.8 Å². The summed E-state index contributed by atoms with van der Waals surface area (Å²) >= 11 is 0. The van der Waals surface area contributed by atoms with Crippen molar-refractivity contribution in [1.82, 2.24) is 15.8 Å². The van der Waals surface area contributed by atoms with Crippen LogP contribution in [0.1, 0.15) is 16.1 Å². The number of nitrogen functional groups attached to an aromatic ring is 1. The molecule has 8 nitrogen and oxygen atoms in total. The van der Waals surface area contributed by atoms with Gasteiger partial charge in [-0.05, 0) is 17.7 Å². The molecule has 0 fully saturated rings. The normalized spacial score (nSPS) is 9.68. The summed E-state index contributed by atoms with van der Waals surface area (Å²) in [5.74, 6) is 4.77. The second-order valence-corrected chi connectivity index (χ2v) is 4.19. The van der Waals surface area contributed by atoms with Crippen molar-refractivity contribution in [3.8, 4) is 0 Å². The van der Waals surface area contributed by atoms with E-state index in [1.165, 1.54) is 6.07 Å². The topological polar surface area (TPSA) is 118 Å². The summed E-state index contributed by atoms with van der Waals surface area (Å²) < 4.78 is 5.01. The molecular weight excluding hydrogens is 286 g/mol. The highest BCUT2D eigenvalue weighted by molar-refractivity contribution is 5.92. The Bertz CT molecular complexity index is 648. The van der Waals surface area contributed by atoms with Crippen LogP contribution in [-0.2, 0) is 11.3 Å². The molecule has 1 heterocycles. The molecule has 0 aliphatic heterocycles. The molecule has 22 heavy (non-hydrogen) atoms. The fourth-order valence-electron chi connectivity index (χ4n) is 1.58. The van der Waals surface area contributed by atoms with Gasteiger partial charge in [0.1, 0.15) is 18.1 Å². The number of nitrogens with one attached hydrogen (secondary N) is 3. The van der Waals surface area contributed by atoms with E-state index >= 15 is 0 Å². The second kappa shape index (κ2) is 7.60. The molecule has 2 rings (SSSR count). The van der Waals surface area contributed by atoms with E-state index in [1.807, 2.05) is 35.8 Å². The average Bonchev–Trinajstić information content (AvgIpc) is 2.58. The number of hydrogen-bond donors (Lipinski definition) is 4. The number of hydrazine groups is 2. The first-order valence-electron chi connectivity index (χ1n) is 6.40. The quantitative estimate of drug-likeness (QED) is 0.371. The van der Waals surface area contributed by atoms with Crippen LogP contribution >= 0.6 is 0 Å². The molecular formula is C14H15N5O3. The number of pyridine rings is 1. The van der Waals surface area contributed by atoms with Crippen LogP contribution in [0.2, 0.25) is 0 Å². The summed E-state index contributed by atoms with van der Waals surface area (Å²) in [4.78, 5) is 26.8. The Morgan fingerprint density at radius 2 is 1.86 bits per heavy atom. The minimum Gasteiger partial charge on any atom is -0.443 e. The van der Waals surface area contributed by atoms with Crippen LogP contribution in [0, 0.1) is 0 Å². The molecule has 0 radical (unpaired) electrons. The van der Waals surface area contributed by atoms with E-state index in [2.05, 4.69) is 15.8 Å². The molecule has 0 bridgehead atoms. The van der Waals surface area contributed by atoms with E-state index in [1.54, 1.807) is 12.1 Å². The number of anilines is 1. The smallest absolute Gasteiger partial charge is 0.426 e. The van der Waals surface area contributed by atoms with Gasteiger partial charge in [-0.3, -0.25) is 15.6 Å². The first-order valence-corrected chi connectivity index (χ1v) is 6.40. The maximum Gasteiger partial charge on any atom is 0.426 e. The fraction of sp³-hybridized carbons (Fsp3) is 0.0714. The molecule has 0 atom stereocenters. The molecule has 1 aromatic heterocycles. The van der Waals surface area contributed by atoms with Crippen LogP contribution < -0.4 is 22.1 Å². The van der Waals surface area contributed by atoms with Crippen molar-refractivity contribution in [1.29, 1.82) is 0 Å². The van der Waals surface area contributed by atoms with E-state index in [9.17, 15) is 9.59 Å². The molecule has 0 unspecified atom stereocenters. The van der Waals surface area contributed by atoms with Crippen molar-refractivity contribution in [3.05, 3.63) is 59.8 Å². The molecule has 114 valence electrons. The number of carbonyl (C=O) groups is 2. The maximum atomic E-state index is 11.5. The molecule has 0 aliphatic carbocycles. The van der Waals surface area contributed by atoms with Gasteiger partial charge in [-0.25, -0.2) is 21.0 Å². The van der Waals surface area contributed by atoms with Gasteiger partial charge < -0.3 is 4.74 Å². The molecule has 8 heteroatoms. The third-order valence-electron chi connectivity index (χ3n) is 2.62. The van der Waals surface area contributed by atoms with E-state index in [4.69, 9.17) is 10.6 Å². The summed E-state index contributed by atoms with van der Waals surface area (Å²) in [7, 11) is 0. The number of rotatable bonds is 5. The molecule has 5 N–H and O–H groups in total. The number of ether oxygens (including phenoxy) is 1. The lowest BCUT2D eigenvalue weighted by molar-refractivity contribution is 0.0949. The minimum absolute atomic E-state index is 0.118. The van der Waals surface area contributed by atoms with Crippen molar-refractivity contribution in [2.45, 2.75) is 6.61 Å². The number of benzene rings is 1. The fourth-order valence-corrected chi connectivity index (χ4v) is 1.58. The average molecular weight is 301 g/mol. The Kier molecular flexibility index (Phi) is 5.27. The zero-order chi connectivity index (χ0) is 15.8. The number of nitrogens with two attached hydrogens (primary N) is 1. The summed E-state index contributed by atoms with van der Waals surface area (Å²) in [5, 5.41) is 0. The van der Waals surface area contributed by atoms with Crippen LogP contribution in [-0.4, -0.2) is 17.0 Å². The lowest BCUT2D eigenvalue weighted by Gasteiger charge is -2.09. The third-order valence-corrected chi connectivity index (χ3v) is 2.62. The molecule has 0 saturated carbocycles. The van der Waals surface area contributed by atoms with Crippen LogP contribution in [0.25, 0.3) is 0 Å². The third kappa shape index (κ3) is 4.46. The van der Waals surface area contributed by atoms with Crippen molar-refractivity contribution < 1.29 is 14.3 Å². The number of hydrogen-bond acceptors (Lipinski definition) is 6. The molecule has 2 amide bonds. The van der Waals surface area contributed by atoms with Crippen LogP contribution in [0.5, 0.6) is 0 Å². The molecule has 1 aromatic carbocycles. The standard InChI is InChI=1S/C14H15N5O3/c15-17-13(20)11-7-4-8-12(16-11)18-19-14(21)22-9-10-5-2-1-3-6-10/h1-8H,9,15H2,(H,16,18)(H,17,20)(H,19,21). The van der Waals surface area contributed by atoms with E-state index in [0.717, 1.165) is 5.56 Å². The maximum absolute atomic E-state index is 11.5. The van der Waals surface area contributed by atoms with E-state index < -0.39 is 12.0 Å². The van der Waals surface area contributed by atoms with Crippen molar-refractivity contribution in [2.24, 2.45) is 5.84 Å². The highest BCUT2D eigenvalue weighted by Crippen LogP contribution is 2.04. The Morgan fingerprint density at radius 3 is 2.59 bits per heavy atom. The number of aromatic nitrogens is 1. The lowest BCUT2D eigenvalue weighted by Crippen LogP contribution is -2.32. The predicted octanol–water partition coefficient (Wildman–Crippen LogP) is 0.938.